The number of hydrogen-bond acceptors (Lipinski definition) is 3. The summed E-state index contributed by atoms with van der Waals surface area (Å²) in [5.74, 6) is 2.11. The summed E-state index contributed by atoms with van der Waals surface area (Å²) >= 11 is 0. The molecule has 2 aromatic heterocycles. The largest absolute Gasteiger partial charge is 0.553 e. The monoisotopic (exact) mass is 493 g/mol. The second kappa shape index (κ2) is 9.88. The fraction of sp³-hybridized carbons (Fsp3) is 0.357. The van der Waals surface area contributed by atoms with E-state index in [1.165, 1.54) is 32.0 Å². The van der Waals surface area contributed by atoms with Gasteiger partial charge in [-0.2, -0.15) is 0 Å². The lowest BCUT2D eigenvalue weighted by atomic mass is 9.91. The summed E-state index contributed by atoms with van der Waals surface area (Å²) in [6.45, 7) is 5.87. The fourth-order valence-corrected chi connectivity index (χ4v) is 5.44. The van der Waals surface area contributed by atoms with Crippen LogP contribution in [0.5, 0.6) is 0 Å². The highest BCUT2D eigenvalue weighted by molar-refractivity contribution is 6.40. The summed E-state index contributed by atoms with van der Waals surface area (Å²) < 4.78 is 6.60. The molecule has 5 heterocycles. The van der Waals surface area contributed by atoms with E-state index in [2.05, 4.69) is 80.4 Å². The molecule has 9 heteroatoms. The minimum Gasteiger partial charge on any atom is -0.329 e. The Bertz CT molecular complexity index is 1420. The second-order valence-electron chi connectivity index (χ2n) is 9.95. The number of aryl methyl sites for hydroxylation is 1. The summed E-state index contributed by atoms with van der Waals surface area (Å²) in [5.41, 5.74) is 6.32. The lowest BCUT2D eigenvalue weighted by Crippen LogP contribution is -2.43. The van der Waals surface area contributed by atoms with Crippen molar-refractivity contribution in [2.75, 3.05) is 18.4 Å². The normalized spacial score (nSPS) is 16.6. The summed E-state index contributed by atoms with van der Waals surface area (Å²) in [6, 6.07) is 12.4. The topological polar surface area (TPSA) is 71.0 Å². The SMILES string of the molecule is CCCCc1cn(-c2ccc3n2[B]N2C(=C3c3ccc(NC(C)=O)cc3)C=CC2=[N+]2CCCCC2)nn1. The highest BCUT2D eigenvalue weighted by Crippen LogP contribution is 2.37. The van der Waals surface area contributed by atoms with Crippen LogP contribution in [0.3, 0.4) is 0 Å². The molecule has 187 valence electrons. The van der Waals surface area contributed by atoms with Gasteiger partial charge in [0.25, 0.3) is 5.84 Å². The standard InChI is InChI=1S/C28H31BN7O/c1-3-4-8-23-19-34(32-31-23)27-16-14-25-28(21-9-11-22(12-10-21)30-20(2)37)24-13-15-26(35(24)29-36(25)27)33-17-6-5-7-18-33/h9-16,19H,3-8,17-18H2,1-2H3/p+1. The first-order valence-corrected chi connectivity index (χ1v) is 13.3. The average molecular weight is 493 g/mol. The number of amidine groups is 1. The third kappa shape index (κ3) is 4.43. The number of benzene rings is 1. The smallest absolute Gasteiger partial charge is 0.329 e. The van der Waals surface area contributed by atoms with Crippen LogP contribution in [-0.2, 0) is 11.2 Å². The Kier molecular flexibility index (Phi) is 6.28. The molecule has 37 heavy (non-hydrogen) atoms. The number of nitrogens with zero attached hydrogens (tertiary/aromatic N) is 6. The molecule has 8 nitrogen and oxygen atoms in total. The van der Waals surface area contributed by atoms with Crippen molar-refractivity contribution in [3.05, 3.63) is 77.4 Å². The first kappa shape index (κ1) is 23.5. The number of carbonyl (C=O) groups excluding carboxylic acids is 1. The summed E-state index contributed by atoms with van der Waals surface area (Å²) in [4.78, 5) is 13.8. The summed E-state index contributed by atoms with van der Waals surface area (Å²) in [6.07, 6.45) is 13.4. The van der Waals surface area contributed by atoms with Crippen molar-refractivity contribution in [1.29, 1.82) is 0 Å². The van der Waals surface area contributed by atoms with Gasteiger partial charge in [0.2, 0.25) is 5.91 Å². The molecule has 0 unspecified atom stereocenters. The van der Waals surface area contributed by atoms with E-state index < -0.39 is 0 Å². The molecule has 1 N–H and O–H groups in total. The van der Waals surface area contributed by atoms with Crippen LogP contribution in [0.15, 0.2) is 60.4 Å². The van der Waals surface area contributed by atoms with Crippen molar-refractivity contribution in [1.82, 2.24) is 24.3 Å². The van der Waals surface area contributed by atoms with Crippen molar-refractivity contribution >= 4 is 30.6 Å². The number of allylic oxidation sites excluding steroid dienone is 1. The van der Waals surface area contributed by atoms with Gasteiger partial charge in [-0.1, -0.05) is 30.7 Å². The summed E-state index contributed by atoms with van der Waals surface area (Å²) in [7, 11) is 2.19. The Labute approximate surface area is 218 Å². The Morgan fingerprint density at radius 1 is 1.08 bits per heavy atom. The van der Waals surface area contributed by atoms with Crippen LogP contribution in [-0.4, -0.2) is 61.2 Å². The van der Waals surface area contributed by atoms with Crippen LogP contribution < -0.4 is 5.32 Å². The minimum atomic E-state index is -0.0719. The lowest BCUT2D eigenvalue weighted by molar-refractivity contribution is -0.539. The summed E-state index contributed by atoms with van der Waals surface area (Å²) in [5, 5.41) is 11.8. The molecule has 1 aromatic carbocycles. The van der Waals surface area contributed by atoms with Gasteiger partial charge in [0.1, 0.15) is 11.5 Å². The molecule has 1 fully saturated rings. The molecule has 6 rings (SSSR count). The van der Waals surface area contributed by atoms with Gasteiger partial charge in [-0.3, -0.25) is 14.2 Å². The molecule has 3 aromatic rings. The molecule has 1 radical (unpaired) electrons. The highest BCUT2D eigenvalue weighted by atomic mass is 16.1. The molecule has 0 aliphatic carbocycles. The van der Waals surface area contributed by atoms with Gasteiger partial charge in [-0.25, -0.2) is 4.68 Å². The number of aromatic nitrogens is 4. The molecular formula is C28H32BN7O+. The number of hydrogen-bond donors (Lipinski definition) is 1. The molecule has 0 atom stereocenters. The molecule has 0 bridgehead atoms. The first-order chi connectivity index (χ1) is 18.1. The predicted octanol–water partition coefficient (Wildman–Crippen LogP) is 3.99. The van der Waals surface area contributed by atoms with Crippen molar-refractivity contribution < 1.29 is 9.37 Å². The maximum absolute atomic E-state index is 11.5. The number of anilines is 1. The van der Waals surface area contributed by atoms with Gasteiger partial charge in [0, 0.05) is 30.0 Å². The van der Waals surface area contributed by atoms with Gasteiger partial charge in [-0.05, 0) is 68.0 Å². The lowest BCUT2D eigenvalue weighted by Gasteiger charge is -2.27. The number of fused-ring (bicyclic) bond motifs is 2. The van der Waals surface area contributed by atoms with Crippen LogP contribution in [0.4, 0.5) is 5.69 Å². The van der Waals surface area contributed by atoms with Crippen LogP contribution in [0, 0.1) is 0 Å². The molecule has 0 spiro atoms. The maximum atomic E-state index is 11.5. The first-order valence-electron chi connectivity index (χ1n) is 13.3. The molecule has 0 saturated carbocycles. The number of nitrogens with one attached hydrogen (secondary N) is 1. The van der Waals surface area contributed by atoms with E-state index in [9.17, 15) is 4.79 Å². The van der Waals surface area contributed by atoms with E-state index in [0.717, 1.165) is 72.1 Å². The van der Waals surface area contributed by atoms with E-state index in [1.807, 2.05) is 23.0 Å². The maximum Gasteiger partial charge on any atom is 0.553 e. The van der Waals surface area contributed by atoms with E-state index in [1.54, 1.807) is 0 Å². The van der Waals surface area contributed by atoms with Crippen molar-refractivity contribution in [2.45, 2.75) is 52.4 Å². The number of rotatable bonds is 6. The number of amides is 1. The van der Waals surface area contributed by atoms with Crippen molar-refractivity contribution in [2.24, 2.45) is 0 Å². The van der Waals surface area contributed by atoms with Gasteiger partial charge >= 0.3 is 7.55 Å². The van der Waals surface area contributed by atoms with Crippen LogP contribution >= 0.6 is 0 Å². The highest BCUT2D eigenvalue weighted by Gasteiger charge is 2.40. The number of carbonyl (C=O) groups is 1. The zero-order valence-electron chi connectivity index (χ0n) is 21.5. The van der Waals surface area contributed by atoms with Gasteiger partial charge in [0.15, 0.2) is 0 Å². The third-order valence-corrected chi connectivity index (χ3v) is 7.27. The number of unbranched alkanes of at least 4 members (excludes halogenated alkanes) is 1. The van der Waals surface area contributed by atoms with Gasteiger partial charge in [-0.15, -0.1) is 5.10 Å². The van der Waals surface area contributed by atoms with Crippen LogP contribution in [0.25, 0.3) is 11.4 Å². The van der Waals surface area contributed by atoms with E-state index >= 15 is 0 Å². The molecular weight excluding hydrogens is 461 g/mol. The van der Waals surface area contributed by atoms with E-state index in [-0.39, 0.29) is 5.91 Å². The Hall–Kier alpha value is -3.88. The van der Waals surface area contributed by atoms with Gasteiger partial charge < -0.3 is 9.79 Å². The zero-order chi connectivity index (χ0) is 25.4. The van der Waals surface area contributed by atoms with Gasteiger partial charge in [0.05, 0.1) is 25.0 Å². The second-order valence-corrected chi connectivity index (χ2v) is 9.95. The Balaban J connectivity index is 1.45. The van der Waals surface area contributed by atoms with E-state index in [0.29, 0.717) is 0 Å². The average Bonchev–Trinajstić information content (AvgIpc) is 3.65. The number of piperidine rings is 1. The molecule has 3 aliphatic rings. The molecule has 3 aliphatic heterocycles. The minimum absolute atomic E-state index is 0.0719. The van der Waals surface area contributed by atoms with Crippen molar-refractivity contribution in [3.8, 4) is 5.82 Å². The fourth-order valence-electron chi connectivity index (χ4n) is 5.44. The zero-order valence-corrected chi connectivity index (χ0v) is 21.5. The quantitative estimate of drug-likeness (QED) is 0.417. The Morgan fingerprint density at radius 3 is 2.65 bits per heavy atom. The van der Waals surface area contributed by atoms with E-state index in [4.69, 9.17) is 0 Å². The Morgan fingerprint density at radius 2 is 1.89 bits per heavy atom. The third-order valence-electron chi connectivity index (χ3n) is 7.27. The molecule has 1 saturated heterocycles. The van der Waals surface area contributed by atoms with Crippen LogP contribution in [0.1, 0.15) is 62.9 Å². The predicted molar refractivity (Wildman–Crippen MR) is 146 cm³/mol. The molecule has 1 amide bonds. The van der Waals surface area contributed by atoms with Crippen LogP contribution in [0.2, 0.25) is 0 Å². The van der Waals surface area contributed by atoms with Crippen molar-refractivity contribution in [3.63, 3.8) is 0 Å².